The number of fused-ring (bicyclic) bond motifs is 2. The van der Waals surface area contributed by atoms with Crippen LogP contribution in [0.3, 0.4) is 0 Å². The van der Waals surface area contributed by atoms with E-state index >= 15 is 0 Å². The minimum absolute atomic E-state index is 0. The molecular formula is C43H35IrN3S-2. The molecule has 0 amide bonds. The van der Waals surface area contributed by atoms with Crippen LogP contribution in [0.2, 0.25) is 0 Å². The SMILES string of the molecule is [2H]C(C)(C)c1ccc2s[c-]c(-c3nc4ccccc4n3-c3ccc(-c4ccccc4)cc3)c2c1.[2H]C([2H])([2H])c1c[c-]c(-c2ccc(C([2H])([2H])[2H])cn2)cc1.[Ir]. The van der Waals surface area contributed by atoms with Gasteiger partial charge in [-0.2, -0.15) is 0 Å². The second-order valence-electron chi connectivity index (χ2n) is 11.4. The topological polar surface area (TPSA) is 30.7 Å². The van der Waals surface area contributed by atoms with Gasteiger partial charge in [0, 0.05) is 41.6 Å². The number of imidazole rings is 1. The summed E-state index contributed by atoms with van der Waals surface area (Å²) in [5.74, 6) is 0.209. The zero-order valence-corrected chi connectivity index (χ0v) is 29.5. The molecule has 0 fully saturated rings. The summed E-state index contributed by atoms with van der Waals surface area (Å²) in [7, 11) is 0. The van der Waals surface area contributed by atoms with E-state index in [9.17, 15) is 0 Å². The first kappa shape index (κ1) is 25.4. The molecule has 3 aromatic heterocycles. The van der Waals surface area contributed by atoms with Gasteiger partial charge in [0.2, 0.25) is 0 Å². The second kappa shape index (κ2) is 14.6. The third kappa shape index (κ3) is 6.95. The van der Waals surface area contributed by atoms with Gasteiger partial charge in [-0.15, -0.1) is 46.8 Å². The van der Waals surface area contributed by atoms with E-state index in [1.807, 2.05) is 26.0 Å². The summed E-state index contributed by atoms with van der Waals surface area (Å²) in [4.78, 5) is 9.12. The first-order valence-electron chi connectivity index (χ1n) is 18.7. The van der Waals surface area contributed by atoms with Crippen molar-refractivity contribution in [2.75, 3.05) is 0 Å². The quantitative estimate of drug-likeness (QED) is 0.162. The second-order valence-corrected chi connectivity index (χ2v) is 12.2. The van der Waals surface area contributed by atoms with E-state index in [0.29, 0.717) is 11.3 Å². The molecule has 5 heteroatoms. The van der Waals surface area contributed by atoms with Crippen LogP contribution < -0.4 is 0 Å². The summed E-state index contributed by atoms with van der Waals surface area (Å²) in [5.41, 5.74) is 8.98. The van der Waals surface area contributed by atoms with Gasteiger partial charge in [0.05, 0.1) is 16.9 Å². The standard InChI is InChI=1S/C30H23N2S.C13H12N.Ir/c1-20(2)23-14-17-29-25(18-23)26(19-33-29)30-31-27-10-6-7-11-28(27)32(30)24-15-12-22(13-16-24)21-8-4-3-5-9-21;1-10-3-6-12(7-4-10)13-8-5-11(2)9-14-13;/h3-18,20H,1-2H3;3-6,8-9H,1-2H3;/q2*-1;/i20D;1D3,2D3;. The Bertz CT molecular complexity index is 2480. The Morgan fingerprint density at radius 3 is 2.25 bits per heavy atom. The van der Waals surface area contributed by atoms with Gasteiger partial charge in [-0.25, -0.2) is 0 Å². The normalized spacial score (nSPS) is 13.8. The summed E-state index contributed by atoms with van der Waals surface area (Å²) >= 11 is 1.60. The van der Waals surface area contributed by atoms with E-state index < -0.39 is 19.6 Å². The van der Waals surface area contributed by atoms with Gasteiger partial charge in [0.25, 0.3) is 0 Å². The maximum atomic E-state index is 8.50. The van der Waals surface area contributed by atoms with Crippen molar-refractivity contribution in [1.82, 2.24) is 14.5 Å². The number of hydrogen-bond donors (Lipinski definition) is 0. The van der Waals surface area contributed by atoms with Gasteiger partial charge in [0.15, 0.2) is 0 Å². The number of aromatic nitrogens is 3. The molecule has 0 saturated carbocycles. The minimum Gasteiger partial charge on any atom is -0.333 e. The van der Waals surface area contributed by atoms with Crippen LogP contribution >= 0.6 is 11.3 Å². The molecule has 0 bridgehead atoms. The molecule has 0 aliphatic heterocycles. The monoisotopic (exact) mass is 825 g/mol. The van der Waals surface area contributed by atoms with Crippen molar-refractivity contribution in [3.8, 4) is 39.5 Å². The van der Waals surface area contributed by atoms with Crippen molar-refractivity contribution in [3.63, 3.8) is 0 Å². The molecule has 0 N–H and O–H groups in total. The molecule has 0 unspecified atom stereocenters. The predicted octanol–water partition coefficient (Wildman–Crippen LogP) is 11.7. The van der Waals surface area contributed by atoms with Gasteiger partial charge in [0.1, 0.15) is 0 Å². The van der Waals surface area contributed by atoms with Gasteiger partial charge >= 0.3 is 0 Å². The Hall–Kier alpha value is -4.67. The van der Waals surface area contributed by atoms with Crippen molar-refractivity contribution in [2.24, 2.45) is 0 Å². The van der Waals surface area contributed by atoms with Gasteiger partial charge in [-0.1, -0.05) is 121 Å². The van der Waals surface area contributed by atoms with Crippen LogP contribution in [0.15, 0.2) is 134 Å². The number of benzene rings is 5. The molecule has 1 radical (unpaired) electrons. The molecule has 3 heterocycles. The number of para-hydroxylation sites is 2. The van der Waals surface area contributed by atoms with E-state index in [-0.39, 0.29) is 31.2 Å². The molecule has 0 aliphatic carbocycles. The van der Waals surface area contributed by atoms with Crippen molar-refractivity contribution in [2.45, 2.75) is 33.4 Å². The molecule has 0 aliphatic rings. The third-order valence-corrected chi connectivity index (χ3v) is 8.84. The first-order chi connectivity index (χ1) is 25.7. The van der Waals surface area contributed by atoms with Crippen LogP contribution in [0.25, 0.3) is 60.6 Å². The Balaban J connectivity index is 0.000000211. The number of thiophene rings is 1. The van der Waals surface area contributed by atoms with Crippen molar-refractivity contribution >= 4 is 32.5 Å². The summed E-state index contributed by atoms with van der Waals surface area (Å²) in [5, 5.41) is 4.61. The number of rotatable bonds is 5. The Labute approximate surface area is 310 Å². The fourth-order valence-corrected chi connectivity index (χ4v) is 6.30. The van der Waals surface area contributed by atoms with Crippen molar-refractivity contribution < 1.29 is 29.7 Å². The van der Waals surface area contributed by atoms with Crippen LogP contribution in [0.1, 0.15) is 46.0 Å². The summed E-state index contributed by atoms with van der Waals surface area (Å²) in [6, 6.07) is 44.1. The van der Waals surface area contributed by atoms with Crippen LogP contribution in [0, 0.1) is 25.2 Å². The number of nitrogens with zero attached hydrogens (tertiary/aromatic N) is 3. The zero-order chi connectivity index (χ0) is 38.3. The van der Waals surface area contributed by atoms with E-state index in [2.05, 4.69) is 106 Å². The Morgan fingerprint density at radius 2 is 1.54 bits per heavy atom. The van der Waals surface area contributed by atoms with E-state index in [1.165, 1.54) is 35.5 Å². The third-order valence-electron chi connectivity index (χ3n) is 7.96. The Morgan fingerprint density at radius 1 is 0.792 bits per heavy atom. The first-order valence-corrected chi connectivity index (χ1v) is 16.1. The maximum absolute atomic E-state index is 8.50. The maximum Gasteiger partial charge on any atom is 0.0774 e. The molecule has 3 nitrogen and oxygen atoms in total. The zero-order valence-electron chi connectivity index (χ0n) is 33.3. The van der Waals surface area contributed by atoms with Crippen molar-refractivity contribution in [1.29, 1.82) is 0 Å². The van der Waals surface area contributed by atoms with Crippen LogP contribution in [-0.4, -0.2) is 14.5 Å². The molecular weight excluding hydrogens is 783 g/mol. The van der Waals surface area contributed by atoms with Gasteiger partial charge in [-0.3, -0.25) is 16.3 Å². The number of pyridine rings is 1. The summed E-state index contributed by atoms with van der Waals surface area (Å²) in [6.07, 6.45) is 1.30. The number of aryl methyl sites for hydroxylation is 2. The predicted molar refractivity (Wildman–Crippen MR) is 198 cm³/mol. The fourth-order valence-electron chi connectivity index (χ4n) is 5.48. The summed E-state index contributed by atoms with van der Waals surface area (Å²) in [6.45, 7) is -0.491. The van der Waals surface area contributed by atoms with Crippen LogP contribution in [0.4, 0.5) is 0 Å². The van der Waals surface area contributed by atoms with Crippen LogP contribution in [0.5, 0.6) is 0 Å². The van der Waals surface area contributed by atoms with E-state index in [1.54, 1.807) is 23.5 Å². The van der Waals surface area contributed by atoms with Gasteiger partial charge < -0.3 is 9.55 Å². The molecule has 8 aromatic rings. The molecule has 0 spiro atoms. The molecule has 239 valence electrons. The smallest absolute Gasteiger partial charge is 0.0774 e. The average Bonchev–Trinajstić information content (AvgIpc) is 3.76. The molecule has 0 atom stereocenters. The average molecular weight is 825 g/mol. The molecule has 48 heavy (non-hydrogen) atoms. The van der Waals surface area contributed by atoms with E-state index in [0.717, 1.165) is 43.8 Å². The van der Waals surface area contributed by atoms with E-state index in [4.69, 9.17) is 14.6 Å². The van der Waals surface area contributed by atoms with Crippen LogP contribution in [-0.2, 0) is 20.1 Å². The largest absolute Gasteiger partial charge is 0.333 e. The molecule has 8 rings (SSSR count). The summed E-state index contributed by atoms with van der Waals surface area (Å²) < 4.78 is 55.5. The molecule has 0 saturated heterocycles. The Kier molecular flexibility index (Phi) is 7.72. The minimum atomic E-state index is -2.18. The van der Waals surface area contributed by atoms with Gasteiger partial charge in [-0.05, 0) is 59.4 Å². The fraction of sp³-hybridized carbons (Fsp3) is 0.116. The molecule has 5 aromatic carbocycles. The van der Waals surface area contributed by atoms with Crippen molar-refractivity contribution in [3.05, 3.63) is 162 Å². The number of hydrogen-bond acceptors (Lipinski definition) is 3.